The molecule has 0 bridgehead atoms. The Labute approximate surface area is 121 Å². The van der Waals surface area contributed by atoms with Gasteiger partial charge < -0.3 is 9.52 Å². The van der Waals surface area contributed by atoms with Gasteiger partial charge in [-0.25, -0.2) is 4.98 Å². The highest BCUT2D eigenvalue weighted by Gasteiger charge is 2.28. The normalized spacial score (nSPS) is 14.4. The smallest absolute Gasteiger partial charge is 0.303 e. The molecule has 1 aliphatic rings. The maximum Gasteiger partial charge on any atom is 0.303 e. The third-order valence-electron chi connectivity index (χ3n) is 3.39. The third-order valence-corrected chi connectivity index (χ3v) is 3.63. The highest BCUT2D eigenvalue weighted by molar-refractivity contribution is 6.30. The number of carboxylic acids is 1. The summed E-state index contributed by atoms with van der Waals surface area (Å²) in [6.45, 7) is 0. The van der Waals surface area contributed by atoms with E-state index in [2.05, 4.69) is 4.98 Å². The Morgan fingerprint density at radius 3 is 2.95 bits per heavy atom. The summed E-state index contributed by atoms with van der Waals surface area (Å²) in [5.74, 6) is 1.09. The third kappa shape index (κ3) is 2.85. The van der Waals surface area contributed by atoms with Crippen LogP contribution in [-0.2, 0) is 11.2 Å². The molecule has 2 aromatic rings. The van der Waals surface area contributed by atoms with E-state index < -0.39 is 5.97 Å². The lowest BCUT2D eigenvalue weighted by Gasteiger charge is -2.06. The van der Waals surface area contributed by atoms with Crippen LogP contribution in [0.3, 0.4) is 0 Å². The van der Waals surface area contributed by atoms with Gasteiger partial charge in [0.2, 0.25) is 0 Å². The average Bonchev–Trinajstić information content (AvgIpc) is 3.15. The van der Waals surface area contributed by atoms with Crippen LogP contribution in [0.15, 0.2) is 28.8 Å². The molecule has 1 aromatic carbocycles. The van der Waals surface area contributed by atoms with E-state index in [9.17, 15) is 4.79 Å². The average molecular weight is 292 g/mol. The molecule has 20 heavy (non-hydrogen) atoms. The maximum absolute atomic E-state index is 10.7. The van der Waals surface area contributed by atoms with E-state index in [1.165, 1.54) is 0 Å². The Kier molecular flexibility index (Phi) is 3.49. The fourth-order valence-electron chi connectivity index (χ4n) is 2.18. The molecule has 0 amide bonds. The maximum atomic E-state index is 10.7. The summed E-state index contributed by atoms with van der Waals surface area (Å²) in [6, 6.07) is 5.43. The van der Waals surface area contributed by atoms with Crippen LogP contribution in [0.1, 0.15) is 36.6 Å². The Balaban J connectivity index is 1.91. The number of rotatable bonds is 5. The van der Waals surface area contributed by atoms with Crippen molar-refractivity contribution in [2.75, 3.05) is 0 Å². The van der Waals surface area contributed by atoms with Crippen LogP contribution in [0.25, 0.3) is 11.3 Å². The molecule has 0 atom stereocenters. The van der Waals surface area contributed by atoms with Gasteiger partial charge in [0.05, 0.1) is 6.20 Å². The van der Waals surface area contributed by atoms with Gasteiger partial charge in [0.15, 0.2) is 11.7 Å². The molecule has 4 nitrogen and oxygen atoms in total. The molecule has 3 rings (SSSR count). The van der Waals surface area contributed by atoms with Crippen molar-refractivity contribution in [1.82, 2.24) is 4.98 Å². The van der Waals surface area contributed by atoms with Crippen molar-refractivity contribution in [1.29, 1.82) is 0 Å². The number of aromatic nitrogens is 1. The number of aryl methyl sites for hydroxylation is 1. The molecule has 0 saturated heterocycles. The van der Waals surface area contributed by atoms with E-state index in [1.807, 2.05) is 6.07 Å². The minimum atomic E-state index is -0.827. The van der Waals surface area contributed by atoms with Crippen LogP contribution in [0.5, 0.6) is 0 Å². The van der Waals surface area contributed by atoms with Gasteiger partial charge in [-0.15, -0.1) is 0 Å². The second-order valence-corrected chi connectivity index (χ2v) is 5.47. The van der Waals surface area contributed by atoms with Crippen LogP contribution in [-0.4, -0.2) is 16.1 Å². The molecule has 1 aliphatic carbocycles. The first-order valence-electron chi connectivity index (χ1n) is 6.60. The number of carboxylic acid groups (broad SMARTS) is 1. The van der Waals surface area contributed by atoms with Gasteiger partial charge in [-0.1, -0.05) is 11.6 Å². The molecule has 0 radical (unpaired) electrons. The topological polar surface area (TPSA) is 63.3 Å². The minimum absolute atomic E-state index is 0.0664. The van der Waals surface area contributed by atoms with Crippen molar-refractivity contribution in [3.63, 3.8) is 0 Å². The highest BCUT2D eigenvalue weighted by Crippen LogP contribution is 2.41. The molecule has 1 saturated carbocycles. The van der Waals surface area contributed by atoms with Crippen LogP contribution in [0.2, 0.25) is 5.02 Å². The molecule has 0 unspecified atom stereocenters. The van der Waals surface area contributed by atoms with Gasteiger partial charge in [-0.05, 0) is 43.0 Å². The monoisotopic (exact) mass is 291 g/mol. The Morgan fingerprint density at radius 1 is 1.45 bits per heavy atom. The first-order valence-corrected chi connectivity index (χ1v) is 6.97. The van der Waals surface area contributed by atoms with E-state index in [-0.39, 0.29) is 6.42 Å². The van der Waals surface area contributed by atoms with Gasteiger partial charge in [0, 0.05) is 22.9 Å². The highest BCUT2D eigenvalue weighted by atomic mass is 35.5. The van der Waals surface area contributed by atoms with Crippen molar-refractivity contribution < 1.29 is 14.3 Å². The second kappa shape index (κ2) is 5.29. The van der Waals surface area contributed by atoms with E-state index in [4.69, 9.17) is 21.1 Å². The number of benzene rings is 1. The van der Waals surface area contributed by atoms with Gasteiger partial charge in [0.1, 0.15) is 0 Å². The molecule has 1 aromatic heterocycles. The summed E-state index contributed by atoms with van der Waals surface area (Å²) in [5, 5.41) is 9.42. The number of aliphatic carboxylic acids is 1. The largest absolute Gasteiger partial charge is 0.481 e. The molecule has 1 heterocycles. The molecule has 104 valence electrons. The molecule has 0 spiro atoms. The van der Waals surface area contributed by atoms with Crippen molar-refractivity contribution >= 4 is 17.6 Å². The molecular formula is C15H14ClNO3. The quantitative estimate of drug-likeness (QED) is 0.907. The lowest BCUT2D eigenvalue weighted by Crippen LogP contribution is -1.98. The summed E-state index contributed by atoms with van der Waals surface area (Å²) in [4.78, 5) is 15.0. The number of nitrogens with zero attached hydrogens (tertiary/aromatic N) is 1. The Morgan fingerprint density at radius 2 is 2.25 bits per heavy atom. The Hall–Kier alpha value is -1.81. The minimum Gasteiger partial charge on any atom is -0.481 e. The van der Waals surface area contributed by atoms with Crippen LogP contribution >= 0.6 is 11.6 Å². The fraction of sp³-hybridized carbons (Fsp3) is 0.333. The zero-order valence-corrected chi connectivity index (χ0v) is 11.6. The summed E-state index contributed by atoms with van der Waals surface area (Å²) < 4.78 is 5.78. The zero-order chi connectivity index (χ0) is 14.1. The molecule has 1 N–H and O–H groups in total. The van der Waals surface area contributed by atoms with Crippen molar-refractivity contribution in [2.45, 2.75) is 31.6 Å². The number of halogens is 1. The summed E-state index contributed by atoms with van der Waals surface area (Å²) in [5.41, 5.74) is 1.74. The van der Waals surface area contributed by atoms with Crippen LogP contribution < -0.4 is 0 Å². The van der Waals surface area contributed by atoms with E-state index >= 15 is 0 Å². The number of oxazole rings is 1. The summed E-state index contributed by atoms with van der Waals surface area (Å²) in [7, 11) is 0. The zero-order valence-electron chi connectivity index (χ0n) is 10.8. The van der Waals surface area contributed by atoms with Crippen LogP contribution in [0.4, 0.5) is 0 Å². The summed E-state index contributed by atoms with van der Waals surface area (Å²) >= 11 is 5.99. The number of carbonyl (C=O) groups is 1. The summed E-state index contributed by atoms with van der Waals surface area (Å²) in [6.07, 6.45) is 4.46. The van der Waals surface area contributed by atoms with Gasteiger partial charge in [-0.3, -0.25) is 4.79 Å². The fourth-order valence-corrected chi connectivity index (χ4v) is 2.38. The standard InChI is InChI=1S/C15H14ClNO3/c16-11-4-5-12(10(7-11)3-6-14(18)19)13-8-17-15(20-13)9-1-2-9/h4-5,7-9H,1-3,6H2,(H,18,19). The van der Waals surface area contributed by atoms with Crippen molar-refractivity contribution in [3.8, 4) is 11.3 Å². The van der Waals surface area contributed by atoms with Gasteiger partial charge in [0.25, 0.3) is 0 Å². The second-order valence-electron chi connectivity index (χ2n) is 5.03. The van der Waals surface area contributed by atoms with Crippen molar-refractivity contribution in [2.24, 2.45) is 0 Å². The van der Waals surface area contributed by atoms with Crippen molar-refractivity contribution in [3.05, 3.63) is 40.9 Å². The molecule has 1 fully saturated rings. The first kappa shape index (κ1) is 13.2. The number of hydrogen-bond donors (Lipinski definition) is 1. The SMILES string of the molecule is O=C(O)CCc1cc(Cl)ccc1-c1cnc(C2CC2)o1. The predicted molar refractivity (Wildman–Crippen MR) is 74.9 cm³/mol. The van der Waals surface area contributed by atoms with Crippen LogP contribution in [0, 0.1) is 0 Å². The van der Waals surface area contributed by atoms with E-state index in [0.29, 0.717) is 23.1 Å². The van der Waals surface area contributed by atoms with E-state index in [0.717, 1.165) is 29.9 Å². The predicted octanol–water partition coefficient (Wildman–Crippen LogP) is 3.89. The first-order chi connectivity index (χ1) is 9.63. The lowest BCUT2D eigenvalue weighted by atomic mass is 10.0. The Bertz CT molecular complexity index is 646. The van der Waals surface area contributed by atoms with E-state index in [1.54, 1.807) is 18.3 Å². The molecule has 5 heteroatoms. The van der Waals surface area contributed by atoms with Gasteiger partial charge >= 0.3 is 5.97 Å². The number of hydrogen-bond acceptors (Lipinski definition) is 3. The molecular weight excluding hydrogens is 278 g/mol. The molecule has 0 aliphatic heterocycles. The lowest BCUT2D eigenvalue weighted by molar-refractivity contribution is -0.136. The van der Waals surface area contributed by atoms with Gasteiger partial charge in [-0.2, -0.15) is 0 Å².